The van der Waals surface area contributed by atoms with E-state index in [1.54, 1.807) is 0 Å². The summed E-state index contributed by atoms with van der Waals surface area (Å²) in [5.41, 5.74) is -1.83. The van der Waals surface area contributed by atoms with E-state index in [9.17, 15) is 49.8 Å². The van der Waals surface area contributed by atoms with Gasteiger partial charge in [0.1, 0.15) is 54.5 Å². The van der Waals surface area contributed by atoms with Crippen molar-refractivity contribution in [3.05, 3.63) is 54.6 Å². The fraction of sp³-hybridized carbons (Fsp3) is 0.100. The Morgan fingerprint density at radius 3 is 1.73 bits per heavy atom. The van der Waals surface area contributed by atoms with Crippen molar-refractivity contribution in [1.29, 1.82) is 0 Å². The number of benzene rings is 3. The summed E-state index contributed by atoms with van der Waals surface area (Å²) >= 11 is 0.0519. The van der Waals surface area contributed by atoms with Crippen LogP contribution in [0.1, 0.15) is 0 Å². The van der Waals surface area contributed by atoms with Crippen LogP contribution in [0, 0.1) is 0 Å². The maximum absolute atomic E-state index is 12.5. The Kier molecular flexibility index (Phi) is 19.2. The summed E-state index contributed by atoms with van der Waals surface area (Å²) < 4.78 is 103. The maximum Gasteiger partial charge on any atom is 1.00 e. The molecule has 0 fully saturated rings. The number of phenolic OH excluding ortho intramolecular Hbond substituents is 2. The minimum absolute atomic E-state index is 0. The van der Waals surface area contributed by atoms with E-state index in [0.717, 1.165) is 36.4 Å². The largest absolute Gasteiger partial charge is 1.00 e. The van der Waals surface area contributed by atoms with Crippen LogP contribution in [-0.2, 0) is 43.6 Å². The van der Waals surface area contributed by atoms with E-state index in [1.165, 1.54) is 12.1 Å². The van der Waals surface area contributed by atoms with Gasteiger partial charge in [0.25, 0.3) is 0 Å². The van der Waals surface area contributed by atoms with Crippen molar-refractivity contribution >= 4 is 65.1 Å². The smallest absolute Gasteiger partial charge is 0.744 e. The zero-order valence-corrected chi connectivity index (χ0v) is 32.6. The van der Waals surface area contributed by atoms with Gasteiger partial charge in [-0.05, 0) is 30.3 Å². The molecule has 0 aliphatic carbocycles. The van der Waals surface area contributed by atoms with Crippen LogP contribution in [0.2, 0.25) is 0 Å². The summed E-state index contributed by atoms with van der Waals surface area (Å²) in [6.07, 6.45) is 0. The monoisotopic (exact) mass is 732 g/mol. The third-order valence-corrected chi connectivity index (χ3v) is 8.64. The molecule has 25 heteroatoms. The van der Waals surface area contributed by atoms with Crippen LogP contribution in [0.5, 0.6) is 11.5 Å². The molecule has 0 spiro atoms. The van der Waals surface area contributed by atoms with Gasteiger partial charge in [-0.25, -0.2) is 25.3 Å². The SMILES string of the molecule is O=S(=O)([O-])c1ccccc1N=Nc1cc(N=Nc2ccc(S(=O)(=O)CCOSOO[O-])cc2S(=O)(=O)[O-])c(O)cc1O.[Na+].[Na+].[Na+]. The van der Waals surface area contributed by atoms with E-state index in [0.29, 0.717) is 6.07 Å². The van der Waals surface area contributed by atoms with Crippen LogP contribution < -0.4 is 93.9 Å². The van der Waals surface area contributed by atoms with Crippen LogP contribution in [0.4, 0.5) is 22.7 Å². The van der Waals surface area contributed by atoms with E-state index >= 15 is 0 Å². The molecule has 226 valence electrons. The second kappa shape index (κ2) is 19.4. The number of nitrogens with zero attached hydrogens (tertiary/aromatic N) is 4. The summed E-state index contributed by atoms with van der Waals surface area (Å²) in [5.74, 6) is -2.08. The Bertz CT molecular complexity index is 1860. The summed E-state index contributed by atoms with van der Waals surface area (Å²) in [5, 5.41) is 47.4. The first-order valence-electron chi connectivity index (χ1n) is 10.7. The third-order valence-electron chi connectivity index (χ3n) is 4.84. The first-order chi connectivity index (χ1) is 19.6. The molecule has 3 aromatic rings. The van der Waals surface area contributed by atoms with Gasteiger partial charge >= 0.3 is 88.7 Å². The number of azo groups is 2. The summed E-state index contributed by atoms with van der Waals surface area (Å²) in [6.45, 7) is -0.518. The standard InChI is InChI=1S/C20H18N4O14S4.3Na/c25-17-11-18(26)16(10-15(17)23-21-13-3-1-2-4-19(13)41(30,31)32)24-22-14-6-5-12(9-20(14)42(33,34)35)40(28,29)8-7-36-39-38-37-27;;;/h1-6,9-11,25-27H,7-8H2,(H,30,31,32)(H,33,34,35);;;/q;3*+1/p-3. The van der Waals surface area contributed by atoms with Crippen molar-refractivity contribution in [3.63, 3.8) is 0 Å². The van der Waals surface area contributed by atoms with Gasteiger partial charge < -0.3 is 24.6 Å². The van der Waals surface area contributed by atoms with E-state index in [-0.39, 0.29) is 107 Å². The topological polar surface area (TPSA) is 289 Å². The molecule has 0 radical (unpaired) electrons. The third kappa shape index (κ3) is 13.1. The van der Waals surface area contributed by atoms with Crippen LogP contribution >= 0.6 is 12.3 Å². The van der Waals surface area contributed by atoms with Gasteiger partial charge in [-0.2, -0.15) is 0 Å². The molecule has 2 N–H and O–H groups in total. The molecule has 18 nitrogen and oxygen atoms in total. The second-order valence-corrected chi connectivity index (χ2v) is 12.9. The number of sulfone groups is 1. The van der Waals surface area contributed by atoms with Crippen molar-refractivity contribution in [3.8, 4) is 11.5 Å². The molecule has 0 unspecified atom stereocenters. The van der Waals surface area contributed by atoms with E-state index in [1.807, 2.05) is 0 Å². The number of hydrogen-bond acceptors (Lipinski definition) is 19. The van der Waals surface area contributed by atoms with Crippen LogP contribution in [0.25, 0.3) is 0 Å². The second-order valence-electron chi connectivity index (χ2n) is 7.58. The summed E-state index contributed by atoms with van der Waals surface area (Å²) in [6, 6.07) is 8.73. The minimum Gasteiger partial charge on any atom is -0.744 e. The number of rotatable bonds is 13. The van der Waals surface area contributed by atoms with E-state index < -0.39 is 85.7 Å². The zero-order valence-electron chi connectivity index (χ0n) is 23.3. The van der Waals surface area contributed by atoms with Crippen LogP contribution in [0.3, 0.4) is 0 Å². The van der Waals surface area contributed by atoms with Crippen LogP contribution in [-0.4, -0.2) is 56.9 Å². The Morgan fingerprint density at radius 1 is 0.689 bits per heavy atom. The molecule has 3 aromatic carbocycles. The molecule has 0 atom stereocenters. The average Bonchev–Trinajstić information content (AvgIpc) is 2.91. The predicted molar refractivity (Wildman–Crippen MR) is 135 cm³/mol. The van der Waals surface area contributed by atoms with Gasteiger partial charge in [-0.1, -0.05) is 12.1 Å². The molecule has 0 aromatic heterocycles. The van der Waals surface area contributed by atoms with Gasteiger partial charge in [0.05, 0.1) is 27.0 Å². The molecule has 0 saturated heterocycles. The van der Waals surface area contributed by atoms with Crippen LogP contribution in [0.15, 0.2) is 89.7 Å². The van der Waals surface area contributed by atoms with Gasteiger partial charge in [-0.3, -0.25) is 9.22 Å². The minimum atomic E-state index is -5.32. The molecule has 0 aliphatic rings. The average molecular weight is 733 g/mol. The summed E-state index contributed by atoms with van der Waals surface area (Å²) in [7, 11) is -14.4. The molecular weight excluding hydrogens is 717 g/mol. The molecule has 0 amide bonds. The predicted octanol–water partition coefficient (Wildman–Crippen LogP) is -6.67. The molecule has 0 aliphatic heterocycles. The van der Waals surface area contributed by atoms with Gasteiger partial charge in [-0.15, -0.1) is 24.8 Å². The van der Waals surface area contributed by atoms with Gasteiger partial charge in [0, 0.05) is 12.1 Å². The zero-order chi connectivity index (χ0) is 31.1. The number of phenols is 2. The molecule has 45 heavy (non-hydrogen) atoms. The Labute approximate surface area is 326 Å². The molecule has 0 heterocycles. The molecule has 3 rings (SSSR count). The van der Waals surface area contributed by atoms with Crippen molar-refractivity contribution < 1.29 is 152 Å². The first-order valence-corrected chi connectivity index (χ1v) is 15.8. The van der Waals surface area contributed by atoms with Gasteiger partial charge in [0.2, 0.25) is 0 Å². The first kappa shape index (κ1) is 44.4. The quantitative estimate of drug-likeness (QED) is 0.0314. The fourth-order valence-electron chi connectivity index (χ4n) is 2.98. The van der Waals surface area contributed by atoms with E-state index in [2.05, 4.69) is 34.0 Å². The van der Waals surface area contributed by atoms with E-state index in [4.69, 9.17) is 0 Å². The fourth-order valence-corrected chi connectivity index (χ4v) is 5.73. The summed E-state index contributed by atoms with van der Waals surface area (Å²) in [4.78, 5) is -2.38. The van der Waals surface area contributed by atoms with Crippen molar-refractivity contribution in [1.82, 2.24) is 0 Å². The van der Waals surface area contributed by atoms with Crippen molar-refractivity contribution in [2.24, 2.45) is 20.5 Å². The molecule has 0 saturated carbocycles. The number of hydrogen-bond donors (Lipinski definition) is 2. The Balaban J connectivity index is 0.00000645. The normalized spacial score (nSPS) is 12.0. The maximum atomic E-state index is 12.5. The Morgan fingerprint density at radius 2 is 1.20 bits per heavy atom. The van der Waals surface area contributed by atoms with Gasteiger partial charge in [0.15, 0.2) is 22.2 Å². The molecule has 0 bridgehead atoms. The Hall–Kier alpha value is -0.580. The van der Waals surface area contributed by atoms with Crippen molar-refractivity contribution in [2.45, 2.75) is 14.7 Å². The van der Waals surface area contributed by atoms with Crippen molar-refractivity contribution in [2.75, 3.05) is 12.4 Å². The number of aromatic hydroxyl groups is 2. The molecular formula is C20H15N4Na3O14S4.